The van der Waals surface area contributed by atoms with Crippen molar-refractivity contribution >= 4 is 21.4 Å². The molecular formula is C11H10O2S. The van der Waals surface area contributed by atoms with E-state index in [4.69, 9.17) is 9.47 Å². The summed E-state index contributed by atoms with van der Waals surface area (Å²) in [6.07, 6.45) is 0. The van der Waals surface area contributed by atoms with E-state index in [0.29, 0.717) is 6.79 Å². The zero-order valence-electron chi connectivity index (χ0n) is 8.09. The van der Waals surface area contributed by atoms with Crippen molar-refractivity contribution in [3.8, 4) is 11.5 Å². The van der Waals surface area contributed by atoms with Gasteiger partial charge in [0.05, 0.1) is 0 Å². The Morgan fingerprint density at radius 1 is 1.29 bits per heavy atom. The van der Waals surface area contributed by atoms with E-state index in [-0.39, 0.29) is 0 Å². The summed E-state index contributed by atoms with van der Waals surface area (Å²) in [5, 5.41) is 3.46. The van der Waals surface area contributed by atoms with E-state index < -0.39 is 0 Å². The van der Waals surface area contributed by atoms with Gasteiger partial charge in [-0.2, -0.15) is 0 Å². The zero-order valence-corrected chi connectivity index (χ0v) is 8.90. The monoisotopic (exact) mass is 206 g/mol. The Labute approximate surface area is 86.1 Å². The molecule has 0 fully saturated rings. The molecule has 72 valence electrons. The lowest BCUT2D eigenvalue weighted by atomic mass is 10.1. The summed E-state index contributed by atoms with van der Waals surface area (Å²) in [6.45, 7) is 4.57. The molecule has 2 aromatic rings. The summed E-state index contributed by atoms with van der Waals surface area (Å²) in [4.78, 5) is 0. The molecule has 2 nitrogen and oxygen atoms in total. The van der Waals surface area contributed by atoms with Gasteiger partial charge in [-0.15, -0.1) is 11.3 Å². The summed E-state index contributed by atoms with van der Waals surface area (Å²) in [5.74, 6) is 1.80. The second kappa shape index (κ2) is 2.64. The van der Waals surface area contributed by atoms with Crippen LogP contribution in [-0.4, -0.2) is 6.79 Å². The third-order valence-corrected chi connectivity index (χ3v) is 3.85. The first-order chi connectivity index (χ1) is 6.77. The van der Waals surface area contributed by atoms with Gasteiger partial charge in [-0.25, -0.2) is 0 Å². The third kappa shape index (κ3) is 0.904. The quantitative estimate of drug-likeness (QED) is 0.658. The number of fused-ring (bicyclic) bond motifs is 2. The Morgan fingerprint density at radius 3 is 3.00 bits per heavy atom. The molecule has 0 aliphatic carbocycles. The van der Waals surface area contributed by atoms with Crippen molar-refractivity contribution in [1.82, 2.24) is 0 Å². The molecule has 2 heterocycles. The van der Waals surface area contributed by atoms with Gasteiger partial charge < -0.3 is 9.47 Å². The number of thiophene rings is 1. The highest BCUT2D eigenvalue weighted by molar-refractivity contribution is 7.17. The highest BCUT2D eigenvalue weighted by Crippen LogP contribution is 2.43. The van der Waals surface area contributed by atoms with E-state index in [9.17, 15) is 0 Å². The fraction of sp³-hybridized carbons (Fsp3) is 0.273. The topological polar surface area (TPSA) is 18.5 Å². The maximum Gasteiger partial charge on any atom is 0.231 e. The molecule has 0 atom stereocenters. The van der Waals surface area contributed by atoms with E-state index in [0.717, 1.165) is 11.5 Å². The molecule has 0 spiro atoms. The van der Waals surface area contributed by atoms with Crippen molar-refractivity contribution in [3.05, 3.63) is 22.6 Å². The van der Waals surface area contributed by atoms with Crippen LogP contribution in [0.15, 0.2) is 11.4 Å². The predicted molar refractivity (Wildman–Crippen MR) is 57.4 cm³/mol. The van der Waals surface area contributed by atoms with Gasteiger partial charge >= 0.3 is 0 Å². The number of aryl methyl sites for hydroxylation is 2. The minimum atomic E-state index is 0.354. The van der Waals surface area contributed by atoms with Crippen LogP contribution in [0.2, 0.25) is 0 Å². The number of benzene rings is 1. The highest BCUT2D eigenvalue weighted by Gasteiger charge is 2.19. The van der Waals surface area contributed by atoms with Gasteiger partial charge in [0.25, 0.3) is 0 Å². The van der Waals surface area contributed by atoms with Crippen molar-refractivity contribution in [2.45, 2.75) is 13.8 Å². The van der Waals surface area contributed by atoms with Crippen LogP contribution >= 0.6 is 11.3 Å². The summed E-state index contributed by atoms with van der Waals surface area (Å²) in [6, 6.07) is 2.08. The maximum atomic E-state index is 5.43. The van der Waals surface area contributed by atoms with E-state index in [2.05, 4.69) is 25.3 Å². The van der Waals surface area contributed by atoms with Crippen LogP contribution < -0.4 is 9.47 Å². The van der Waals surface area contributed by atoms with E-state index >= 15 is 0 Å². The number of hydrogen-bond donors (Lipinski definition) is 0. The summed E-state index contributed by atoms with van der Waals surface area (Å²) in [7, 11) is 0. The van der Waals surface area contributed by atoms with Gasteiger partial charge in [0.15, 0.2) is 11.5 Å². The molecule has 1 aromatic heterocycles. The van der Waals surface area contributed by atoms with Crippen LogP contribution in [0.25, 0.3) is 10.1 Å². The Hall–Kier alpha value is -1.22. The molecule has 0 radical (unpaired) electrons. The Bertz CT molecular complexity index is 513. The van der Waals surface area contributed by atoms with Crippen LogP contribution in [0.5, 0.6) is 11.5 Å². The lowest BCUT2D eigenvalue weighted by molar-refractivity contribution is 0.173. The van der Waals surface area contributed by atoms with E-state index in [1.807, 2.05) is 0 Å². The van der Waals surface area contributed by atoms with Crippen molar-refractivity contribution < 1.29 is 9.47 Å². The van der Waals surface area contributed by atoms with Crippen LogP contribution in [0.4, 0.5) is 0 Å². The molecule has 0 saturated carbocycles. The Morgan fingerprint density at radius 2 is 2.14 bits per heavy atom. The molecule has 1 aliphatic rings. The van der Waals surface area contributed by atoms with Crippen molar-refractivity contribution in [2.75, 3.05) is 6.79 Å². The number of hydrogen-bond acceptors (Lipinski definition) is 3. The van der Waals surface area contributed by atoms with Crippen molar-refractivity contribution in [2.24, 2.45) is 0 Å². The van der Waals surface area contributed by atoms with Gasteiger partial charge in [0.2, 0.25) is 6.79 Å². The fourth-order valence-electron chi connectivity index (χ4n) is 1.85. The molecule has 0 amide bonds. The largest absolute Gasteiger partial charge is 0.454 e. The summed E-state index contributed by atoms with van der Waals surface area (Å²) >= 11 is 1.77. The molecule has 0 N–H and O–H groups in total. The number of ether oxygens (including phenoxy) is 2. The molecule has 3 rings (SSSR count). The van der Waals surface area contributed by atoms with E-state index in [1.54, 1.807) is 11.3 Å². The van der Waals surface area contributed by atoms with Crippen LogP contribution in [0, 0.1) is 13.8 Å². The average Bonchev–Trinajstić information content (AvgIpc) is 2.75. The van der Waals surface area contributed by atoms with Crippen LogP contribution in [0.1, 0.15) is 11.1 Å². The molecule has 0 bridgehead atoms. The molecule has 3 heteroatoms. The first kappa shape index (κ1) is 8.12. The van der Waals surface area contributed by atoms with Crippen molar-refractivity contribution in [3.63, 3.8) is 0 Å². The molecule has 14 heavy (non-hydrogen) atoms. The first-order valence-electron chi connectivity index (χ1n) is 4.54. The number of rotatable bonds is 0. The van der Waals surface area contributed by atoms with Gasteiger partial charge in [-0.1, -0.05) is 0 Å². The minimum absolute atomic E-state index is 0.354. The lowest BCUT2D eigenvalue weighted by Gasteiger charge is -2.02. The van der Waals surface area contributed by atoms with Crippen LogP contribution in [0.3, 0.4) is 0 Å². The maximum absolute atomic E-state index is 5.43. The van der Waals surface area contributed by atoms with Crippen molar-refractivity contribution in [1.29, 1.82) is 0 Å². The normalized spacial score (nSPS) is 13.9. The SMILES string of the molecule is Cc1csc2c(C)c3c(cc12)OCO3. The van der Waals surface area contributed by atoms with Gasteiger partial charge in [-0.3, -0.25) is 0 Å². The first-order valence-corrected chi connectivity index (χ1v) is 5.42. The van der Waals surface area contributed by atoms with Gasteiger partial charge in [0, 0.05) is 10.3 Å². The molecule has 0 unspecified atom stereocenters. The molecular weight excluding hydrogens is 196 g/mol. The molecule has 0 saturated heterocycles. The standard InChI is InChI=1S/C11H10O2S/c1-6-4-14-11-7(2)10-9(3-8(6)11)12-5-13-10/h3-4H,5H2,1-2H3. The lowest BCUT2D eigenvalue weighted by Crippen LogP contribution is -1.93. The van der Waals surface area contributed by atoms with Crippen LogP contribution in [-0.2, 0) is 0 Å². The average molecular weight is 206 g/mol. The minimum Gasteiger partial charge on any atom is -0.454 e. The summed E-state index contributed by atoms with van der Waals surface area (Å²) in [5.41, 5.74) is 2.51. The van der Waals surface area contributed by atoms with Gasteiger partial charge in [0.1, 0.15) is 0 Å². The third-order valence-electron chi connectivity index (χ3n) is 2.62. The fourth-order valence-corrected chi connectivity index (χ4v) is 2.88. The zero-order chi connectivity index (χ0) is 9.71. The summed E-state index contributed by atoms with van der Waals surface area (Å²) < 4.78 is 12.1. The Kier molecular flexibility index (Phi) is 1.53. The predicted octanol–water partition coefficient (Wildman–Crippen LogP) is 3.25. The second-order valence-electron chi connectivity index (χ2n) is 3.53. The smallest absolute Gasteiger partial charge is 0.231 e. The highest BCUT2D eigenvalue weighted by atomic mass is 32.1. The van der Waals surface area contributed by atoms with Gasteiger partial charge in [-0.05, 0) is 36.2 Å². The molecule has 1 aromatic carbocycles. The van der Waals surface area contributed by atoms with E-state index in [1.165, 1.54) is 21.2 Å². The second-order valence-corrected chi connectivity index (χ2v) is 4.41. The molecule has 1 aliphatic heterocycles. The Balaban J connectivity index is 2.45.